The van der Waals surface area contributed by atoms with Crippen LogP contribution in [0.1, 0.15) is 20.7 Å². The standard InChI is InChI=1S/C20H20O14/c21-8-1-6(2-9(22)13(8)25)18(29)32-5-12-17(15(27)16(28)20(31)33-12)34-19(30)7-3-10(23)14(26)11(24)4-7/h1-4,12,15-17,20-28,31H,5H2/t12-,15-,16-,17-,20?/m1/s1. The highest BCUT2D eigenvalue weighted by Crippen LogP contribution is 2.37. The first kappa shape index (κ1) is 24.7. The van der Waals surface area contributed by atoms with Crippen LogP contribution >= 0.6 is 0 Å². The summed E-state index contributed by atoms with van der Waals surface area (Å²) >= 11 is 0. The molecule has 1 unspecified atom stereocenters. The van der Waals surface area contributed by atoms with E-state index < -0.39 is 94.9 Å². The van der Waals surface area contributed by atoms with E-state index in [1.165, 1.54) is 0 Å². The fourth-order valence-corrected chi connectivity index (χ4v) is 3.08. The van der Waals surface area contributed by atoms with E-state index in [2.05, 4.69) is 0 Å². The highest BCUT2D eigenvalue weighted by molar-refractivity contribution is 5.92. The summed E-state index contributed by atoms with van der Waals surface area (Å²) in [5.41, 5.74) is -0.861. The maximum Gasteiger partial charge on any atom is 0.338 e. The van der Waals surface area contributed by atoms with Gasteiger partial charge in [-0.25, -0.2) is 9.59 Å². The van der Waals surface area contributed by atoms with Gasteiger partial charge in [-0.2, -0.15) is 0 Å². The Morgan fingerprint density at radius 2 is 1.18 bits per heavy atom. The average molecular weight is 484 g/mol. The molecule has 5 atom stereocenters. The Bertz CT molecular complexity index is 1050. The lowest BCUT2D eigenvalue weighted by Gasteiger charge is -2.39. The molecule has 9 N–H and O–H groups in total. The van der Waals surface area contributed by atoms with Gasteiger partial charge in [-0.1, -0.05) is 0 Å². The number of aliphatic hydroxyl groups is 3. The summed E-state index contributed by atoms with van der Waals surface area (Å²) in [5, 5.41) is 86.8. The van der Waals surface area contributed by atoms with Gasteiger partial charge >= 0.3 is 11.9 Å². The van der Waals surface area contributed by atoms with E-state index in [1.807, 2.05) is 0 Å². The molecule has 34 heavy (non-hydrogen) atoms. The third-order valence-electron chi connectivity index (χ3n) is 4.89. The predicted octanol–water partition coefficient (Wildman–Crippen LogP) is -1.26. The topological polar surface area (TPSA) is 244 Å². The number of aromatic hydroxyl groups is 6. The summed E-state index contributed by atoms with van der Waals surface area (Å²) < 4.78 is 15.1. The molecule has 14 heteroatoms. The number of carbonyl (C=O) groups is 2. The minimum atomic E-state index is -1.96. The minimum Gasteiger partial charge on any atom is -0.504 e. The Hall–Kier alpha value is -3.98. The predicted molar refractivity (Wildman–Crippen MR) is 105 cm³/mol. The van der Waals surface area contributed by atoms with Crippen LogP contribution in [0.2, 0.25) is 0 Å². The van der Waals surface area contributed by atoms with Gasteiger partial charge in [-0.05, 0) is 24.3 Å². The number of esters is 2. The van der Waals surface area contributed by atoms with Crippen molar-refractivity contribution in [3.63, 3.8) is 0 Å². The zero-order valence-electron chi connectivity index (χ0n) is 17.0. The minimum absolute atomic E-state index is 0.395. The maximum atomic E-state index is 12.5. The molecule has 184 valence electrons. The molecule has 0 spiro atoms. The van der Waals surface area contributed by atoms with Crippen molar-refractivity contribution in [2.75, 3.05) is 6.61 Å². The van der Waals surface area contributed by atoms with Gasteiger partial charge in [-0.3, -0.25) is 0 Å². The number of hydrogen-bond donors (Lipinski definition) is 9. The first-order chi connectivity index (χ1) is 15.9. The molecule has 1 heterocycles. The van der Waals surface area contributed by atoms with Crippen molar-refractivity contribution >= 4 is 11.9 Å². The van der Waals surface area contributed by atoms with Crippen molar-refractivity contribution in [1.82, 2.24) is 0 Å². The summed E-state index contributed by atoms with van der Waals surface area (Å²) in [6, 6.07) is 3.07. The number of benzene rings is 2. The molecule has 0 saturated carbocycles. The molecule has 1 saturated heterocycles. The Morgan fingerprint density at radius 3 is 1.65 bits per heavy atom. The smallest absolute Gasteiger partial charge is 0.338 e. The highest BCUT2D eigenvalue weighted by Gasteiger charge is 2.47. The summed E-state index contributed by atoms with van der Waals surface area (Å²) in [5.74, 6) is -7.52. The van der Waals surface area contributed by atoms with Crippen molar-refractivity contribution in [3.05, 3.63) is 35.4 Å². The molecular weight excluding hydrogens is 464 g/mol. The molecule has 0 amide bonds. The van der Waals surface area contributed by atoms with Gasteiger partial charge in [-0.15, -0.1) is 0 Å². The molecule has 1 aliphatic rings. The second-order valence-corrected chi connectivity index (χ2v) is 7.24. The van der Waals surface area contributed by atoms with E-state index in [4.69, 9.17) is 14.2 Å². The molecule has 0 radical (unpaired) electrons. The summed E-state index contributed by atoms with van der Waals surface area (Å²) in [6.45, 7) is -0.772. The lowest BCUT2D eigenvalue weighted by molar-refractivity contribution is -0.285. The van der Waals surface area contributed by atoms with Crippen LogP contribution in [0.25, 0.3) is 0 Å². The van der Waals surface area contributed by atoms with Gasteiger partial charge < -0.3 is 60.2 Å². The Labute approximate surface area is 189 Å². The lowest BCUT2D eigenvalue weighted by atomic mass is 9.99. The van der Waals surface area contributed by atoms with Gasteiger partial charge in [0.25, 0.3) is 0 Å². The second kappa shape index (κ2) is 9.48. The maximum absolute atomic E-state index is 12.5. The van der Waals surface area contributed by atoms with E-state index in [1.54, 1.807) is 0 Å². The molecule has 2 aromatic carbocycles. The second-order valence-electron chi connectivity index (χ2n) is 7.24. The normalized spacial score (nSPS) is 24.4. The number of aliphatic hydroxyl groups excluding tert-OH is 3. The van der Waals surface area contributed by atoms with Crippen LogP contribution in [0, 0.1) is 0 Å². The first-order valence-electron chi connectivity index (χ1n) is 9.48. The van der Waals surface area contributed by atoms with Crippen LogP contribution in [0.4, 0.5) is 0 Å². The molecule has 0 bridgehead atoms. The fraction of sp³-hybridized carbons (Fsp3) is 0.300. The number of carbonyl (C=O) groups excluding carboxylic acids is 2. The largest absolute Gasteiger partial charge is 0.504 e. The van der Waals surface area contributed by atoms with Gasteiger partial charge in [0.1, 0.15) is 24.9 Å². The lowest BCUT2D eigenvalue weighted by Crippen LogP contribution is -2.60. The Kier molecular flexibility index (Phi) is 6.88. The quantitative estimate of drug-likeness (QED) is 0.178. The zero-order chi connectivity index (χ0) is 25.3. The summed E-state index contributed by atoms with van der Waals surface area (Å²) in [6.07, 6.45) is -9.11. The molecule has 14 nitrogen and oxygen atoms in total. The molecule has 1 fully saturated rings. The highest BCUT2D eigenvalue weighted by atomic mass is 16.7. The number of phenolic OH excluding ortho intramolecular Hbond substituents is 6. The van der Waals surface area contributed by atoms with E-state index in [-0.39, 0.29) is 0 Å². The van der Waals surface area contributed by atoms with Crippen molar-refractivity contribution in [2.45, 2.75) is 30.7 Å². The fourth-order valence-electron chi connectivity index (χ4n) is 3.08. The van der Waals surface area contributed by atoms with Crippen molar-refractivity contribution in [3.8, 4) is 34.5 Å². The van der Waals surface area contributed by atoms with Crippen LogP contribution in [-0.4, -0.2) is 95.2 Å². The van der Waals surface area contributed by atoms with Crippen molar-refractivity contribution in [1.29, 1.82) is 0 Å². The van der Waals surface area contributed by atoms with Crippen LogP contribution in [0.3, 0.4) is 0 Å². The van der Waals surface area contributed by atoms with E-state index >= 15 is 0 Å². The molecule has 0 aromatic heterocycles. The van der Waals surface area contributed by atoms with Crippen molar-refractivity contribution < 1.29 is 69.8 Å². The third-order valence-corrected chi connectivity index (χ3v) is 4.89. The van der Waals surface area contributed by atoms with E-state index in [0.29, 0.717) is 0 Å². The summed E-state index contributed by atoms with van der Waals surface area (Å²) in [4.78, 5) is 24.7. The zero-order valence-corrected chi connectivity index (χ0v) is 17.0. The van der Waals surface area contributed by atoms with E-state index in [0.717, 1.165) is 24.3 Å². The molecule has 2 aromatic rings. The number of rotatable bonds is 5. The van der Waals surface area contributed by atoms with Crippen LogP contribution in [-0.2, 0) is 14.2 Å². The monoisotopic (exact) mass is 484 g/mol. The number of hydrogen-bond acceptors (Lipinski definition) is 14. The summed E-state index contributed by atoms with van der Waals surface area (Å²) in [7, 11) is 0. The van der Waals surface area contributed by atoms with Gasteiger partial charge in [0, 0.05) is 0 Å². The molecule has 3 rings (SSSR count). The SMILES string of the molecule is O=C(OC[C@H]1OC(O)[C@H](O)[C@@H](O)[C@@H]1OC(=O)c1cc(O)c(O)c(O)c1)c1cc(O)c(O)c(O)c1. The first-order valence-corrected chi connectivity index (χ1v) is 9.48. The van der Waals surface area contributed by atoms with Gasteiger partial charge in [0.15, 0.2) is 46.9 Å². The van der Waals surface area contributed by atoms with Crippen LogP contribution in [0.15, 0.2) is 24.3 Å². The molecule has 0 aliphatic carbocycles. The van der Waals surface area contributed by atoms with Gasteiger partial charge in [0.05, 0.1) is 11.1 Å². The number of ether oxygens (including phenoxy) is 3. The van der Waals surface area contributed by atoms with Gasteiger partial charge in [0.2, 0.25) is 0 Å². The van der Waals surface area contributed by atoms with Crippen LogP contribution in [0.5, 0.6) is 34.5 Å². The third kappa shape index (κ3) is 4.84. The van der Waals surface area contributed by atoms with E-state index in [9.17, 15) is 55.5 Å². The average Bonchev–Trinajstić information content (AvgIpc) is 2.79. The molecular formula is C20H20O14. The van der Waals surface area contributed by atoms with Crippen molar-refractivity contribution in [2.24, 2.45) is 0 Å². The molecule has 1 aliphatic heterocycles. The Balaban J connectivity index is 1.77. The Morgan fingerprint density at radius 1 is 0.735 bits per heavy atom. The number of phenols is 6. The van der Waals surface area contributed by atoms with Crippen LogP contribution < -0.4 is 0 Å².